The van der Waals surface area contributed by atoms with Gasteiger partial charge in [-0.3, -0.25) is 4.99 Å². The predicted molar refractivity (Wildman–Crippen MR) is 121 cm³/mol. The SMILES string of the molecule is CCNC(=NCCCc1nc2ccccc2[nH]1)NC1CCN(c2ccccc2)C1. The highest BCUT2D eigenvalue weighted by molar-refractivity contribution is 5.80. The molecule has 1 atom stereocenters. The van der Waals surface area contributed by atoms with Gasteiger partial charge in [-0.15, -0.1) is 0 Å². The first kappa shape index (κ1) is 19.3. The zero-order chi connectivity index (χ0) is 19.9. The van der Waals surface area contributed by atoms with Crippen molar-refractivity contribution in [3.63, 3.8) is 0 Å². The number of nitrogens with zero attached hydrogens (tertiary/aromatic N) is 3. The quantitative estimate of drug-likeness (QED) is 0.329. The first-order valence-electron chi connectivity index (χ1n) is 10.6. The fraction of sp³-hybridized carbons (Fsp3) is 0.391. The van der Waals surface area contributed by atoms with Gasteiger partial charge in [0, 0.05) is 44.3 Å². The Hall–Kier alpha value is -3.02. The van der Waals surface area contributed by atoms with Gasteiger partial charge in [-0.1, -0.05) is 30.3 Å². The van der Waals surface area contributed by atoms with Crippen molar-refractivity contribution in [2.75, 3.05) is 31.1 Å². The molecule has 0 saturated carbocycles. The first-order chi connectivity index (χ1) is 14.3. The summed E-state index contributed by atoms with van der Waals surface area (Å²) in [6.07, 6.45) is 3.00. The van der Waals surface area contributed by atoms with E-state index in [0.717, 1.165) is 68.3 Å². The second-order valence-corrected chi connectivity index (χ2v) is 7.48. The average molecular weight is 391 g/mol. The normalized spacial score (nSPS) is 17.1. The van der Waals surface area contributed by atoms with Crippen molar-refractivity contribution < 1.29 is 0 Å². The van der Waals surface area contributed by atoms with E-state index >= 15 is 0 Å². The topological polar surface area (TPSA) is 68.3 Å². The summed E-state index contributed by atoms with van der Waals surface area (Å²) in [6, 6.07) is 19.2. The summed E-state index contributed by atoms with van der Waals surface area (Å²) in [7, 11) is 0. The number of hydrogen-bond donors (Lipinski definition) is 3. The summed E-state index contributed by atoms with van der Waals surface area (Å²) in [5.41, 5.74) is 3.43. The Morgan fingerprint density at radius 3 is 2.83 bits per heavy atom. The van der Waals surface area contributed by atoms with E-state index in [9.17, 15) is 0 Å². The highest BCUT2D eigenvalue weighted by atomic mass is 15.2. The van der Waals surface area contributed by atoms with E-state index in [0.29, 0.717) is 6.04 Å². The van der Waals surface area contributed by atoms with Gasteiger partial charge in [0.2, 0.25) is 0 Å². The van der Waals surface area contributed by atoms with Crippen molar-refractivity contribution >= 4 is 22.7 Å². The molecule has 0 aliphatic carbocycles. The lowest BCUT2D eigenvalue weighted by Gasteiger charge is -2.20. The van der Waals surface area contributed by atoms with Crippen LogP contribution in [0, 0.1) is 0 Å². The maximum absolute atomic E-state index is 4.78. The molecule has 2 aromatic carbocycles. The van der Waals surface area contributed by atoms with E-state index in [1.165, 1.54) is 5.69 Å². The summed E-state index contributed by atoms with van der Waals surface area (Å²) in [5.74, 6) is 1.95. The summed E-state index contributed by atoms with van der Waals surface area (Å²) in [5, 5.41) is 6.99. The number of aromatic nitrogens is 2. The van der Waals surface area contributed by atoms with E-state index in [4.69, 9.17) is 4.99 Å². The minimum Gasteiger partial charge on any atom is -0.369 e. The smallest absolute Gasteiger partial charge is 0.191 e. The molecule has 1 unspecified atom stereocenters. The number of rotatable bonds is 7. The Morgan fingerprint density at radius 1 is 1.17 bits per heavy atom. The number of aliphatic imine (C=N–C) groups is 1. The van der Waals surface area contributed by atoms with Crippen LogP contribution in [0.25, 0.3) is 11.0 Å². The summed E-state index contributed by atoms with van der Waals surface area (Å²) < 4.78 is 0. The third kappa shape index (κ3) is 5.08. The molecule has 29 heavy (non-hydrogen) atoms. The average Bonchev–Trinajstić information content (AvgIpc) is 3.38. The van der Waals surface area contributed by atoms with Crippen LogP contribution in [-0.4, -0.2) is 48.1 Å². The van der Waals surface area contributed by atoms with Crippen LogP contribution in [-0.2, 0) is 6.42 Å². The number of hydrogen-bond acceptors (Lipinski definition) is 3. The number of imidazole rings is 1. The van der Waals surface area contributed by atoms with Gasteiger partial charge < -0.3 is 20.5 Å². The van der Waals surface area contributed by atoms with Crippen LogP contribution in [0.5, 0.6) is 0 Å². The number of nitrogens with one attached hydrogen (secondary N) is 3. The third-order valence-corrected chi connectivity index (χ3v) is 5.27. The molecule has 0 bridgehead atoms. The van der Waals surface area contributed by atoms with Crippen LogP contribution in [0.4, 0.5) is 5.69 Å². The molecular formula is C23H30N6. The minimum absolute atomic E-state index is 0.420. The molecule has 1 aromatic heterocycles. The molecule has 1 saturated heterocycles. The molecule has 1 aliphatic heterocycles. The number of para-hydroxylation sites is 3. The van der Waals surface area contributed by atoms with Crippen LogP contribution in [0.2, 0.25) is 0 Å². The molecule has 0 amide bonds. The number of H-pyrrole nitrogens is 1. The van der Waals surface area contributed by atoms with E-state index in [-0.39, 0.29) is 0 Å². The van der Waals surface area contributed by atoms with Gasteiger partial charge in [0.05, 0.1) is 11.0 Å². The van der Waals surface area contributed by atoms with E-state index in [1.54, 1.807) is 0 Å². The number of fused-ring (bicyclic) bond motifs is 1. The van der Waals surface area contributed by atoms with Gasteiger partial charge >= 0.3 is 0 Å². The van der Waals surface area contributed by atoms with Crippen molar-refractivity contribution in [1.29, 1.82) is 0 Å². The Kier molecular flexibility index (Phi) is 6.29. The van der Waals surface area contributed by atoms with Crippen LogP contribution < -0.4 is 15.5 Å². The van der Waals surface area contributed by atoms with Gasteiger partial charge in [-0.2, -0.15) is 0 Å². The second kappa shape index (κ2) is 9.45. The molecule has 3 N–H and O–H groups in total. The Bertz CT molecular complexity index is 900. The highest BCUT2D eigenvalue weighted by Crippen LogP contribution is 2.19. The van der Waals surface area contributed by atoms with Crippen LogP contribution >= 0.6 is 0 Å². The zero-order valence-corrected chi connectivity index (χ0v) is 17.1. The maximum atomic E-state index is 4.78. The lowest BCUT2D eigenvalue weighted by Crippen LogP contribution is -2.44. The fourth-order valence-electron chi connectivity index (χ4n) is 3.83. The Labute approximate surface area is 172 Å². The molecule has 0 spiro atoms. The number of anilines is 1. The van der Waals surface area contributed by atoms with Crippen molar-refractivity contribution in [3.8, 4) is 0 Å². The number of guanidine groups is 1. The van der Waals surface area contributed by atoms with Gasteiger partial charge in [-0.05, 0) is 44.0 Å². The summed E-state index contributed by atoms with van der Waals surface area (Å²) >= 11 is 0. The largest absolute Gasteiger partial charge is 0.369 e. The van der Waals surface area contributed by atoms with Crippen LogP contribution in [0.15, 0.2) is 59.6 Å². The molecule has 6 heteroatoms. The molecule has 1 fully saturated rings. The monoisotopic (exact) mass is 390 g/mol. The molecular weight excluding hydrogens is 360 g/mol. The Morgan fingerprint density at radius 2 is 2.00 bits per heavy atom. The molecule has 2 heterocycles. The summed E-state index contributed by atoms with van der Waals surface area (Å²) in [6.45, 7) is 5.84. The number of aryl methyl sites for hydroxylation is 1. The summed E-state index contributed by atoms with van der Waals surface area (Å²) in [4.78, 5) is 15.2. The van der Waals surface area contributed by atoms with Crippen molar-refractivity contribution in [2.45, 2.75) is 32.2 Å². The first-order valence-corrected chi connectivity index (χ1v) is 10.6. The van der Waals surface area contributed by atoms with Gasteiger partial charge in [0.25, 0.3) is 0 Å². The highest BCUT2D eigenvalue weighted by Gasteiger charge is 2.23. The van der Waals surface area contributed by atoms with Gasteiger partial charge in [0.1, 0.15) is 5.82 Å². The lowest BCUT2D eigenvalue weighted by molar-refractivity contribution is 0.647. The van der Waals surface area contributed by atoms with Crippen LogP contribution in [0.1, 0.15) is 25.6 Å². The van der Waals surface area contributed by atoms with Crippen molar-refractivity contribution in [3.05, 3.63) is 60.4 Å². The lowest BCUT2D eigenvalue weighted by atomic mass is 10.2. The van der Waals surface area contributed by atoms with Gasteiger partial charge in [-0.25, -0.2) is 4.98 Å². The molecule has 4 rings (SSSR count). The minimum atomic E-state index is 0.420. The third-order valence-electron chi connectivity index (χ3n) is 5.27. The van der Waals surface area contributed by atoms with Crippen molar-refractivity contribution in [2.24, 2.45) is 4.99 Å². The fourth-order valence-corrected chi connectivity index (χ4v) is 3.83. The number of benzene rings is 2. The van der Waals surface area contributed by atoms with E-state index in [1.807, 2.05) is 18.2 Å². The van der Waals surface area contributed by atoms with E-state index in [2.05, 4.69) is 68.8 Å². The molecule has 1 aliphatic rings. The molecule has 3 aromatic rings. The molecule has 0 radical (unpaired) electrons. The predicted octanol–water partition coefficient (Wildman–Crippen LogP) is 3.33. The Balaban J connectivity index is 1.27. The molecule has 6 nitrogen and oxygen atoms in total. The maximum Gasteiger partial charge on any atom is 0.191 e. The van der Waals surface area contributed by atoms with E-state index < -0.39 is 0 Å². The standard InChI is InChI=1S/C23H30N6/c1-2-24-23(26-18-14-16-29(17-18)19-9-4-3-5-10-19)25-15-8-13-22-27-20-11-6-7-12-21(20)28-22/h3-7,9-12,18H,2,8,13-17H2,1H3,(H,27,28)(H2,24,25,26). The second-order valence-electron chi connectivity index (χ2n) is 7.48. The molecule has 152 valence electrons. The van der Waals surface area contributed by atoms with Crippen LogP contribution in [0.3, 0.4) is 0 Å². The zero-order valence-electron chi connectivity index (χ0n) is 17.1. The van der Waals surface area contributed by atoms with Crippen molar-refractivity contribution in [1.82, 2.24) is 20.6 Å². The number of aromatic amines is 1. The van der Waals surface area contributed by atoms with Gasteiger partial charge in [0.15, 0.2) is 5.96 Å².